The molecule has 2 atom stereocenters. The van der Waals surface area contributed by atoms with Crippen LogP contribution in [0.15, 0.2) is 0 Å². The second-order valence-electron chi connectivity index (χ2n) is 5.48. The standard InChI is InChI=1S/C13H23NO5S/c1-3-9(2)12(13(16)17)14-11(15)8-20(18,19)10-6-4-5-7-10/h9-10,12H,3-8H2,1-2H3,(H,14,15)(H,16,17)/t9-,12-/m0/s1. The Kier molecular flexibility index (Phi) is 5.98. The molecule has 1 aliphatic carbocycles. The fraction of sp³-hybridized carbons (Fsp3) is 0.846. The molecule has 6 nitrogen and oxygen atoms in total. The maximum Gasteiger partial charge on any atom is 0.326 e. The van der Waals surface area contributed by atoms with Crippen LogP contribution in [0.5, 0.6) is 0 Å². The highest BCUT2D eigenvalue weighted by Crippen LogP contribution is 2.25. The monoisotopic (exact) mass is 305 g/mol. The molecular weight excluding hydrogens is 282 g/mol. The molecule has 0 saturated heterocycles. The number of carboxylic acid groups (broad SMARTS) is 1. The van der Waals surface area contributed by atoms with Gasteiger partial charge in [0.25, 0.3) is 0 Å². The summed E-state index contributed by atoms with van der Waals surface area (Å²) in [6.07, 6.45) is 3.53. The highest BCUT2D eigenvalue weighted by molar-refractivity contribution is 7.92. The van der Waals surface area contributed by atoms with Crippen molar-refractivity contribution in [2.45, 2.75) is 57.2 Å². The van der Waals surface area contributed by atoms with Gasteiger partial charge >= 0.3 is 5.97 Å². The Morgan fingerprint density at radius 2 is 1.85 bits per heavy atom. The molecule has 1 aliphatic rings. The van der Waals surface area contributed by atoms with E-state index >= 15 is 0 Å². The van der Waals surface area contributed by atoms with Crippen LogP contribution in [0.2, 0.25) is 0 Å². The molecule has 0 heterocycles. The third-order valence-corrected chi connectivity index (χ3v) is 6.09. The Hall–Kier alpha value is -1.11. The van der Waals surface area contributed by atoms with Crippen LogP contribution in [0.3, 0.4) is 0 Å². The molecule has 0 aromatic rings. The summed E-state index contributed by atoms with van der Waals surface area (Å²) in [7, 11) is -3.47. The number of hydrogen-bond acceptors (Lipinski definition) is 4. The summed E-state index contributed by atoms with van der Waals surface area (Å²) in [6.45, 7) is 3.53. The zero-order valence-electron chi connectivity index (χ0n) is 12.0. The topological polar surface area (TPSA) is 101 Å². The number of sulfone groups is 1. The van der Waals surface area contributed by atoms with Gasteiger partial charge in [-0.3, -0.25) is 4.79 Å². The lowest BCUT2D eigenvalue weighted by molar-refractivity contribution is -0.143. The number of carbonyl (C=O) groups excluding carboxylic acids is 1. The molecule has 2 N–H and O–H groups in total. The van der Waals surface area contributed by atoms with Gasteiger partial charge in [-0.2, -0.15) is 0 Å². The lowest BCUT2D eigenvalue weighted by Gasteiger charge is -2.20. The molecule has 20 heavy (non-hydrogen) atoms. The van der Waals surface area contributed by atoms with Gasteiger partial charge in [0.05, 0.1) is 5.25 Å². The Labute approximate surface area is 119 Å². The summed E-state index contributed by atoms with van der Waals surface area (Å²) in [4.78, 5) is 22.9. The average Bonchev–Trinajstić information content (AvgIpc) is 2.88. The van der Waals surface area contributed by atoms with Crippen LogP contribution in [0.1, 0.15) is 46.0 Å². The van der Waals surface area contributed by atoms with Gasteiger partial charge in [0, 0.05) is 0 Å². The Morgan fingerprint density at radius 1 is 1.30 bits per heavy atom. The molecule has 0 aliphatic heterocycles. The van der Waals surface area contributed by atoms with Crippen molar-refractivity contribution in [3.8, 4) is 0 Å². The van der Waals surface area contributed by atoms with Crippen molar-refractivity contribution < 1.29 is 23.1 Å². The SMILES string of the molecule is CC[C@H](C)[C@H](NC(=O)CS(=O)(=O)C1CCCC1)C(=O)O. The predicted octanol–water partition coefficient (Wildman–Crippen LogP) is 0.959. The minimum absolute atomic E-state index is 0.245. The number of amides is 1. The van der Waals surface area contributed by atoms with Gasteiger partial charge in [0.2, 0.25) is 5.91 Å². The highest BCUT2D eigenvalue weighted by Gasteiger charge is 2.32. The molecule has 0 spiro atoms. The Bertz CT molecular complexity index is 453. The second-order valence-corrected chi connectivity index (χ2v) is 7.76. The van der Waals surface area contributed by atoms with E-state index in [9.17, 15) is 18.0 Å². The molecule has 1 saturated carbocycles. The van der Waals surface area contributed by atoms with Gasteiger partial charge in [0.15, 0.2) is 9.84 Å². The number of nitrogens with one attached hydrogen (secondary N) is 1. The Balaban J connectivity index is 2.63. The van der Waals surface area contributed by atoms with Gasteiger partial charge < -0.3 is 10.4 Å². The quantitative estimate of drug-likeness (QED) is 0.729. The van der Waals surface area contributed by atoms with Crippen LogP contribution in [-0.2, 0) is 19.4 Å². The van der Waals surface area contributed by atoms with Crippen LogP contribution in [0.25, 0.3) is 0 Å². The molecule has 1 fully saturated rings. The van der Waals surface area contributed by atoms with E-state index in [4.69, 9.17) is 5.11 Å². The van der Waals surface area contributed by atoms with Crippen molar-refractivity contribution in [3.63, 3.8) is 0 Å². The van der Waals surface area contributed by atoms with Gasteiger partial charge in [-0.05, 0) is 18.8 Å². The van der Waals surface area contributed by atoms with Crippen LogP contribution in [-0.4, -0.2) is 42.4 Å². The summed E-state index contributed by atoms with van der Waals surface area (Å²) in [5, 5.41) is 11.0. The third-order valence-electron chi connectivity index (χ3n) is 3.94. The van der Waals surface area contributed by atoms with Gasteiger partial charge in [-0.1, -0.05) is 33.1 Å². The second kappa shape index (κ2) is 7.06. The number of hydrogen-bond donors (Lipinski definition) is 2. The fourth-order valence-corrected chi connectivity index (χ4v) is 4.18. The molecule has 0 aromatic carbocycles. The number of carbonyl (C=O) groups is 2. The van der Waals surface area contributed by atoms with E-state index in [2.05, 4.69) is 5.32 Å². The predicted molar refractivity (Wildman–Crippen MR) is 75.1 cm³/mol. The summed E-state index contributed by atoms with van der Waals surface area (Å²) in [5.74, 6) is -2.71. The van der Waals surface area contributed by atoms with E-state index in [1.807, 2.05) is 6.92 Å². The molecular formula is C13H23NO5S. The molecule has 0 unspecified atom stereocenters. The first-order valence-corrected chi connectivity index (χ1v) is 8.73. The minimum Gasteiger partial charge on any atom is -0.480 e. The van der Waals surface area contributed by atoms with Crippen molar-refractivity contribution in [1.82, 2.24) is 5.32 Å². The summed E-state index contributed by atoms with van der Waals surface area (Å²) in [6, 6.07) is -1.04. The van der Waals surface area contributed by atoms with Gasteiger partial charge in [0.1, 0.15) is 11.8 Å². The molecule has 0 radical (unpaired) electrons. The summed E-state index contributed by atoms with van der Waals surface area (Å²) in [5.41, 5.74) is 0. The normalized spacial score (nSPS) is 19.5. The van der Waals surface area contributed by atoms with E-state index in [-0.39, 0.29) is 5.92 Å². The van der Waals surface area contributed by atoms with Gasteiger partial charge in [-0.15, -0.1) is 0 Å². The zero-order valence-corrected chi connectivity index (χ0v) is 12.8. The molecule has 1 amide bonds. The maximum absolute atomic E-state index is 12.0. The van der Waals surface area contributed by atoms with Crippen molar-refractivity contribution >= 4 is 21.7 Å². The van der Waals surface area contributed by atoms with E-state index < -0.39 is 38.8 Å². The Morgan fingerprint density at radius 3 is 2.30 bits per heavy atom. The van der Waals surface area contributed by atoms with Crippen LogP contribution in [0.4, 0.5) is 0 Å². The van der Waals surface area contributed by atoms with Crippen molar-refractivity contribution in [3.05, 3.63) is 0 Å². The van der Waals surface area contributed by atoms with Crippen LogP contribution >= 0.6 is 0 Å². The fourth-order valence-electron chi connectivity index (χ4n) is 2.45. The summed E-state index contributed by atoms with van der Waals surface area (Å²) >= 11 is 0. The van der Waals surface area contributed by atoms with E-state index in [0.717, 1.165) is 12.8 Å². The first-order valence-electron chi connectivity index (χ1n) is 7.01. The van der Waals surface area contributed by atoms with E-state index in [0.29, 0.717) is 19.3 Å². The van der Waals surface area contributed by atoms with Crippen LogP contribution in [0, 0.1) is 5.92 Å². The molecule has 1 rings (SSSR count). The maximum atomic E-state index is 12.0. The third kappa shape index (κ3) is 4.47. The largest absolute Gasteiger partial charge is 0.480 e. The molecule has 0 bridgehead atoms. The van der Waals surface area contributed by atoms with Crippen molar-refractivity contribution in [1.29, 1.82) is 0 Å². The summed E-state index contributed by atoms with van der Waals surface area (Å²) < 4.78 is 24.1. The average molecular weight is 305 g/mol. The first-order chi connectivity index (χ1) is 9.27. The lowest BCUT2D eigenvalue weighted by atomic mass is 9.99. The van der Waals surface area contributed by atoms with Crippen LogP contribution < -0.4 is 5.32 Å². The van der Waals surface area contributed by atoms with E-state index in [1.54, 1.807) is 6.92 Å². The van der Waals surface area contributed by atoms with Crippen molar-refractivity contribution in [2.75, 3.05) is 5.75 Å². The number of carboxylic acids is 1. The number of aliphatic carboxylic acids is 1. The molecule has 116 valence electrons. The minimum atomic E-state index is -3.47. The lowest BCUT2D eigenvalue weighted by Crippen LogP contribution is -2.47. The van der Waals surface area contributed by atoms with Gasteiger partial charge in [-0.25, -0.2) is 13.2 Å². The van der Waals surface area contributed by atoms with Crippen molar-refractivity contribution in [2.24, 2.45) is 5.92 Å². The first kappa shape index (κ1) is 16.9. The molecule has 0 aromatic heterocycles. The van der Waals surface area contributed by atoms with E-state index in [1.165, 1.54) is 0 Å². The zero-order chi connectivity index (χ0) is 15.3. The smallest absolute Gasteiger partial charge is 0.326 e. The molecule has 7 heteroatoms. The highest BCUT2D eigenvalue weighted by atomic mass is 32.2. The number of rotatable bonds is 7.